The molecule has 15 N–H and O–H groups in total. The van der Waals surface area contributed by atoms with Crippen LogP contribution in [0.25, 0.3) is 11.1 Å². The molecule has 0 spiro atoms. The number of carbonyl (C=O) groups excluding carboxylic acids is 11. The van der Waals surface area contributed by atoms with Gasteiger partial charge in [0.15, 0.2) is 0 Å². The van der Waals surface area contributed by atoms with Gasteiger partial charge in [0.25, 0.3) is 0 Å². The molecule has 2 aliphatic rings. The van der Waals surface area contributed by atoms with E-state index in [1.807, 2.05) is 54.6 Å². The van der Waals surface area contributed by atoms with Gasteiger partial charge in [-0.05, 0) is 83.7 Å². The minimum Gasteiger partial charge on any atom is -0.449 e. The van der Waals surface area contributed by atoms with E-state index in [0.717, 1.165) is 27.8 Å². The second-order valence-electron chi connectivity index (χ2n) is 24.7. The summed E-state index contributed by atoms with van der Waals surface area (Å²) in [4.78, 5) is 157. The maximum atomic E-state index is 15.4. The first-order valence-corrected chi connectivity index (χ1v) is 32.2. The largest absolute Gasteiger partial charge is 0.449 e. The Morgan fingerprint density at radius 3 is 1.66 bits per heavy atom. The number of alkyl carbamates (subject to hydrolysis) is 2. The molecule has 520 valence electrons. The van der Waals surface area contributed by atoms with Crippen LogP contribution < -0.4 is 58.5 Å². The summed E-state index contributed by atoms with van der Waals surface area (Å²) in [6.45, 7) is 7.72. The highest BCUT2D eigenvalue weighted by Crippen LogP contribution is 2.44. The summed E-state index contributed by atoms with van der Waals surface area (Å²) in [6, 6.07) is 16.0. The van der Waals surface area contributed by atoms with E-state index in [-0.39, 0.29) is 63.3 Å². The normalized spacial score (nSPS) is 23.2. The number of unbranched alkanes of at least 4 members (excludes halogenated alkanes) is 1. The SMILES string of the molecule is CCC(C)[C@@H]1NC(=O)[C@@H](CCCCNC(=O)OCc2ccccc2)NC(=O)[C@H](CC(C)C)NC(=O)[C@H]([C@H](O)C(C)C)NC(=O)[C@@H](NC(=O)OCC2c3ccccc3-c3ccccc32)[C@@H](c2ccccc2)NC(=O)C(CO)NC(=O)[C@H](CO)NC(=O)CNC(=O)[C@H]([C@H](C)O)NC1=O. The molecule has 11 amide bonds. The molecule has 6 rings (SSSR count). The number of benzene rings is 4. The van der Waals surface area contributed by atoms with Gasteiger partial charge in [0, 0.05) is 12.5 Å². The van der Waals surface area contributed by atoms with E-state index in [4.69, 9.17) is 9.47 Å². The molecular formula is C68H91N11O17. The first-order chi connectivity index (χ1) is 45.8. The van der Waals surface area contributed by atoms with Crippen molar-refractivity contribution in [3.05, 3.63) is 131 Å². The lowest BCUT2D eigenvalue weighted by molar-refractivity contribution is -0.138. The Morgan fingerprint density at radius 1 is 0.542 bits per heavy atom. The monoisotopic (exact) mass is 1330 g/mol. The summed E-state index contributed by atoms with van der Waals surface area (Å²) >= 11 is 0. The molecule has 12 atom stereocenters. The van der Waals surface area contributed by atoms with Crippen molar-refractivity contribution >= 4 is 65.4 Å². The van der Waals surface area contributed by atoms with Crippen LogP contribution in [0.15, 0.2) is 109 Å². The molecule has 1 aliphatic carbocycles. The Hall–Kier alpha value is -9.51. The van der Waals surface area contributed by atoms with Gasteiger partial charge in [0.1, 0.15) is 61.5 Å². The van der Waals surface area contributed by atoms with Crippen LogP contribution in [-0.2, 0) is 59.2 Å². The number of hydrogen-bond acceptors (Lipinski definition) is 17. The zero-order valence-corrected chi connectivity index (χ0v) is 54.9. The number of amides is 11. The summed E-state index contributed by atoms with van der Waals surface area (Å²) in [5, 5.41) is 71.3. The quantitative estimate of drug-likeness (QED) is 0.0545. The number of nitrogens with one attached hydrogen (secondary N) is 11. The Labute approximate surface area is 557 Å². The molecule has 96 heavy (non-hydrogen) atoms. The molecule has 2 unspecified atom stereocenters. The minimum atomic E-state index is -2.00. The molecule has 1 heterocycles. The van der Waals surface area contributed by atoms with Crippen LogP contribution in [0.1, 0.15) is 115 Å². The van der Waals surface area contributed by atoms with E-state index in [9.17, 15) is 68.4 Å². The van der Waals surface area contributed by atoms with Gasteiger partial charge >= 0.3 is 12.2 Å². The average molecular weight is 1330 g/mol. The fraction of sp³-hybridized carbons (Fsp3) is 0.485. The number of ether oxygens (including phenoxy) is 2. The minimum absolute atomic E-state index is 0.00139. The number of rotatable bonds is 20. The summed E-state index contributed by atoms with van der Waals surface area (Å²) in [7, 11) is 0. The van der Waals surface area contributed by atoms with Crippen molar-refractivity contribution in [1.82, 2.24) is 58.5 Å². The van der Waals surface area contributed by atoms with Crippen LogP contribution in [0.4, 0.5) is 9.59 Å². The zero-order valence-electron chi connectivity index (χ0n) is 54.9. The number of aliphatic hydroxyl groups is 4. The molecule has 1 fully saturated rings. The Balaban J connectivity index is 1.39. The van der Waals surface area contributed by atoms with Crippen LogP contribution >= 0.6 is 0 Å². The van der Waals surface area contributed by atoms with Gasteiger partial charge in [-0.15, -0.1) is 0 Å². The number of aliphatic hydroxyl groups excluding tert-OH is 4. The van der Waals surface area contributed by atoms with Crippen molar-refractivity contribution in [2.24, 2.45) is 17.8 Å². The maximum Gasteiger partial charge on any atom is 0.407 e. The standard InChI is InChI=1S/C68H91N11O17/c1-8-39(6)53-64(90)76-54(40(7)82)63(89)70-32-52(83)71-50(33-80)61(87)74-51(34-81)62(88)77-55(42-23-13-10-14-24-42)56(79-68(94)96-36-47-45-27-17-15-25-43(45)44-26-16-18-28-46(44)47)65(91)78-57(58(84)38(4)5)66(92)73-49(31-37(2)3)60(86)72-48(59(85)75-53)29-19-20-30-69-67(93)95-35-41-21-11-9-12-22-41/h9-18,21-28,37-40,47-51,53-58,80-82,84H,8,19-20,29-36H2,1-7H3,(H,69,93)(H,70,89)(H,71,83)(H,72,86)(H,73,92)(H,74,87)(H,75,85)(H,76,90)(H,77,88)(H,78,91)(H,79,94)/t39?,40-,48+,49-,50-,51?,53-,54-,55+,56-,57-,58+/m0/s1. The summed E-state index contributed by atoms with van der Waals surface area (Å²) < 4.78 is 11.2. The second-order valence-corrected chi connectivity index (χ2v) is 24.7. The van der Waals surface area contributed by atoms with E-state index in [1.54, 1.807) is 58.0 Å². The first kappa shape index (κ1) is 75.5. The lowest BCUT2D eigenvalue weighted by Crippen LogP contribution is -2.64. The highest BCUT2D eigenvalue weighted by Gasteiger charge is 2.42. The summed E-state index contributed by atoms with van der Waals surface area (Å²) in [5.41, 5.74) is 4.39. The molecule has 4 aromatic carbocycles. The molecule has 0 bridgehead atoms. The van der Waals surface area contributed by atoms with Crippen molar-refractivity contribution in [3.63, 3.8) is 0 Å². The third-order valence-electron chi connectivity index (χ3n) is 16.6. The van der Waals surface area contributed by atoms with E-state index < -0.39 is 169 Å². The topological polar surface area (TPSA) is 419 Å². The summed E-state index contributed by atoms with van der Waals surface area (Å²) in [6.07, 6.45) is -4.85. The number of fused-ring (bicyclic) bond motifs is 3. The van der Waals surface area contributed by atoms with Gasteiger partial charge in [-0.1, -0.05) is 157 Å². The van der Waals surface area contributed by atoms with Crippen molar-refractivity contribution in [1.29, 1.82) is 0 Å². The van der Waals surface area contributed by atoms with Crippen LogP contribution in [0, 0.1) is 17.8 Å². The average Bonchev–Trinajstić information content (AvgIpc) is 1.61. The fourth-order valence-electron chi connectivity index (χ4n) is 11.0. The molecule has 1 saturated heterocycles. The van der Waals surface area contributed by atoms with Crippen LogP contribution in [-0.4, -0.2) is 179 Å². The highest BCUT2D eigenvalue weighted by atomic mass is 16.6. The van der Waals surface area contributed by atoms with Gasteiger partial charge in [-0.3, -0.25) is 43.2 Å². The van der Waals surface area contributed by atoms with Crippen molar-refractivity contribution < 1.29 is 82.6 Å². The maximum absolute atomic E-state index is 15.4. The third kappa shape index (κ3) is 21.5. The van der Waals surface area contributed by atoms with Gasteiger partial charge in [0.2, 0.25) is 53.2 Å². The van der Waals surface area contributed by atoms with Crippen molar-refractivity contribution in [2.45, 2.75) is 160 Å². The second kappa shape index (κ2) is 37.0. The van der Waals surface area contributed by atoms with E-state index >= 15 is 4.79 Å². The fourth-order valence-corrected chi connectivity index (χ4v) is 11.0. The highest BCUT2D eigenvalue weighted by molar-refractivity contribution is 5.99. The Bertz CT molecular complexity index is 3280. The summed E-state index contributed by atoms with van der Waals surface area (Å²) in [5.74, 6) is -12.1. The number of carbonyl (C=O) groups is 11. The molecular weight excluding hydrogens is 1240 g/mol. The van der Waals surface area contributed by atoms with Crippen molar-refractivity contribution in [3.8, 4) is 11.1 Å². The molecule has 4 aromatic rings. The van der Waals surface area contributed by atoms with Crippen LogP contribution in [0.3, 0.4) is 0 Å². The Morgan fingerprint density at radius 2 is 1.06 bits per heavy atom. The van der Waals surface area contributed by atoms with Gasteiger partial charge < -0.3 is 88.4 Å². The van der Waals surface area contributed by atoms with Crippen molar-refractivity contribution in [2.75, 3.05) is 32.9 Å². The van der Waals surface area contributed by atoms with Gasteiger partial charge in [-0.25, -0.2) is 9.59 Å². The Kier molecular flexibility index (Phi) is 29.1. The molecule has 0 aromatic heterocycles. The molecule has 0 saturated carbocycles. The zero-order chi connectivity index (χ0) is 70.2. The van der Waals surface area contributed by atoms with Crippen LogP contribution in [0.2, 0.25) is 0 Å². The van der Waals surface area contributed by atoms with Gasteiger partial charge in [0.05, 0.1) is 38.0 Å². The van der Waals surface area contributed by atoms with E-state index in [0.29, 0.717) is 0 Å². The predicted molar refractivity (Wildman–Crippen MR) is 350 cm³/mol. The molecule has 28 nitrogen and oxygen atoms in total. The van der Waals surface area contributed by atoms with E-state index in [2.05, 4.69) is 58.5 Å². The lowest BCUT2D eigenvalue weighted by atomic mass is 9.94. The molecule has 28 heteroatoms. The van der Waals surface area contributed by atoms with Crippen LogP contribution in [0.5, 0.6) is 0 Å². The smallest absolute Gasteiger partial charge is 0.407 e. The molecule has 1 aliphatic heterocycles. The third-order valence-corrected chi connectivity index (χ3v) is 16.6. The predicted octanol–water partition coefficient (Wildman–Crippen LogP) is 0.846. The van der Waals surface area contributed by atoms with Gasteiger partial charge in [-0.2, -0.15) is 0 Å². The lowest BCUT2D eigenvalue weighted by Gasteiger charge is -2.33. The first-order valence-electron chi connectivity index (χ1n) is 32.2. The van der Waals surface area contributed by atoms with E-state index in [1.165, 1.54) is 45.0 Å². The molecule has 0 radical (unpaired) electrons. The number of hydrogen-bond donors (Lipinski definition) is 15.